The highest BCUT2D eigenvalue weighted by Gasteiger charge is 2.39. The van der Waals surface area contributed by atoms with Crippen LogP contribution in [-0.4, -0.2) is 29.7 Å². The summed E-state index contributed by atoms with van der Waals surface area (Å²) in [5, 5.41) is 6.93. The summed E-state index contributed by atoms with van der Waals surface area (Å²) in [6, 6.07) is 13.2. The van der Waals surface area contributed by atoms with Gasteiger partial charge in [-0.1, -0.05) is 28.4 Å². The SMILES string of the molecule is CON=Cc1c(C(F)(F)F)nn(C)c1Oc1ccc(Oc2ccc(OCC=C(Cl)Cl)cc2)cc1. The number of nitrogens with zero attached hydrogens (tertiary/aromatic N) is 3. The Balaban J connectivity index is 1.70. The molecule has 0 saturated heterocycles. The molecule has 0 bridgehead atoms. The molecule has 0 radical (unpaired) electrons. The Kier molecular flexibility index (Phi) is 8.30. The van der Waals surface area contributed by atoms with Crippen LogP contribution in [0.15, 0.2) is 64.3 Å². The molecule has 0 aliphatic heterocycles. The molecule has 34 heavy (non-hydrogen) atoms. The zero-order valence-corrected chi connectivity index (χ0v) is 19.4. The monoisotopic (exact) mass is 515 g/mol. The number of rotatable bonds is 9. The van der Waals surface area contributed by atoms with E-state index in [1.165, 1.54) is 20.2 Å². The number of ether oxygens (including phenoxy) is 3. The summed E-state index contributed by atoms with van der Waals surface area (Å²) in [6.07, 6.45) is -2.28. The van der Waals surface area contributed by atoms with Gasteiger partial charge in [0.15, 0.2) is 5.69 Å². The van der Waals surface area contributed by atoms with Crippen molar-refractivity contribution in [3.63, 3.8) is 0 Å². The molecule has 0 atom stereocenters. The van der Waals surface area contributed by atoms with Gasteiger partial charge in [-0.15, -0.1) is 0 Å². The number of halogens is 5. The van der Waals surface area contributed by atoms with Gasteiger partial charge in [-0.3, -0.25) is 0 Å². The standard InChI is InChI=1S/C22H18Cl2F3N3O4/c1-30-21(18(13-28-31-2)20(29-30)22(25,26)27)34-17-9-7-16(8-10-17)33-15-5-3-14(4-6-15)32-12-11-19(23)24/h3-11,13H,12H2,1-2H3. The molecule has 0 fully saturated rings. The molecule has 2 aromatic carbocycles. The van der Waals surface area contributed by atoms with Gasteiger partial charge in [-0.25, -0.2) is 4.68 Å². The van der Waals surface area contributed by atoms with Crippen LogP contribution >= 0.6 is 23.2 Å². The fourth-order valence-corrected chi connectivity index (χ4v) is 2.83. The number of aryl methyl sites for hydroxylation is 1. The molecule has 0 spiro atoms. The molecule has 1 heterocycles. The highest BCUT2D eigenvalue weighted by Crippen LogP contribution is 2.36. The Labute approximate surface area is 202 Å². The molecule has 0 amide bonds. The van der Waals surface area contributed by atoms with E-state index in [9.17, 15) is 13.2 Å². The van der Waals surface area contributed by atoms with E-state index < -0.39 is 11.9 Å². The molecule has 0 N–H and O–H groups in total. The Morgan fingerprint density at radius 3 is 2.00 bits per heavy atom. The van der Waals surface area contributed by atoms with Gasteiger partial charge < -0.3 is 19.0 Å². The zero-order chi connectivity index (χ0) is 24.7. The summed E-state index contributed by atoms with van der Waals surface area (Å²) in [5.41, 5.74) is -1.50. The number of hydrogen-bond acceptors (Lipinski definition) is 6. The van der Waals surface area contributed by atoms with E-state index in [0.29, 0.717) is 17.2 Å². The van der Waals surface area contributed by atoms with Gasteiger partial charge in [-0.2, -0.15) is 18.3 Å². The largest absolute Gasteiger partial charge is 0.489 e. The first-order valence-electron chi connectivity index (χ1n) is 9.58. The second kappa shape index (κ2) is 11.2. The number of hydrogen-bond donors (Lipinski definition) is 0. The Morgan fingerprint density at radius 1 is 0.971 bits per heavy atom. The van der Waals surface area contributed by atoms with Gasteiger partial charge in [0.1, 0.15) is 41.2 Å². The quantitative estimate of drug-likeness (QED) is 0.234. The van der Waals surface area contributed by atoms with Crippen molar-refractivity contribution < 1.29 is 32.2 Å². The third-order valence-electron chi connectivity index (χ3n) is 4.17. The molecule has 180 valence electrons. The zero-order valence-electron chi connectivity index (χ0n) is 17.8. The lowest BCUT2D eigenvalue weighted by atomic mass is 10.2. The van der Waals surface area contributed by atoms with Crippen molar-refractivity contribution in [3.8, 4) is 28.9 Å². The summed E-state index contributed by atoms with van der Waals surface area (Å²) in [6.45, 7) is 0.226. The van der Waals surface area contributed by atoms with Crippen molar-refractivity contribution >= 4 is 29.4 Å². The molecule has 7 nitrogen and oxygen atoms in total. The second-order valence-electron chi connectivity index (χ2n) is 6.56. The highest BCUT2D eigenvalue weighted by molar-refractivity contribution is 6.55. The first-order chi connectivity index (χ1) is 16.2. The van der Waals surface area contributed by atoms with Gasteiger partial charge in [0.2, 0.25) is 5.88 Å². The van der Waals surface area contributed by atoms with E-state index in [2.05, 4.69) is 15.1 Å². The molecule has 0 aliphatic carbocycles. The Morgan fingerprint density at radius 2 is 1.50 bits per heavy atom. The Bertz CT molecular complexity index is 1160. The highest BCUT2D eigenvalue weighted by atomic mass is 35.5. The third-order valence-corrected chi connectivity index (χ3v) is 4.48. The third kappa shape index (κ3) is 6.82. The van der Waals surface area contributed by atoms with Crippen LogP contribution < -0.4 is 14.2 Å². The number of alkyl halides is 3. The molecule has 3 aromatic rings. The predicted molar refractivity (Wildman–Crippen MR) is 121 cm³/mol. The smallest absolute Gasteiger partial charge is 0.435 e. The van der Waals surface area contributed by atoms with Crippen molar-refractivity contribution in [2.24, 2.45) is 12.2 Å². The molecule has 1 aromatic heterocycles. The molecule has 0 unspecified atom stereocenters. The van der Waals surface area contributed by atoms with Crippen LogP contribution in [0.5, 0.6) is 28.9 Å². The maximum Gasteiger partial charge on any atom is 0.435 e. The number of aromatic nitrogens is 2. The van der Waals surface area contributed by atoms with Crippen molar-refractivity contribution in [2.45, 2.75) is 6.18 Å². The van der Waals surface area contributed by atoms with E-state index in [1.54, 1.807) is 48.5 Å². The topological polar surface area (TPSA) is 67.1 Å². The fourth-order valence-electron chi connectivity index (χ4n) is 2.71. The maximum absolute atomic E-state index is 13.3. The van der Waals surface area contributed by atoms with Gasteiger partial charge >= 0.3 is 6.18 Å². The summed E-state index contributed by atoms with van der Waals surface area (Å²) >= 11 is 11.1. The van der Waals surface area contributed by atoms with Gasteiger partial charge in [0.05, 0.1) is 11.8 Å². The van der Waals surface area contributed by atoms with Gasteiger partial charge in [0, 0.05) is 7.05 Å². The predicted octanol–water partition coefficient (Wildman–Crippen LogP) is 6.70. The number of oxime groups is 1. The maximum atomic E-state index is 13.3. The molecule has 0 saturated carbocycles. The van der Waals surface area contributed by atoms with Crippen molar-refractivity contribution in [1.82, 2.24) is 9.78 Å². The summed E-state index contributed by atoms with van der Waals surface area (Å²) in [5.74, 6) is 1.75. The first-order valence-corrected chi connectivity index (χ1v) is 10.3. The van der Waals surface area contributed by atoms with Crippen LogP contribution in [0.2, 0.25) is 0 Å². The van der Waals surface area contributed by atoms with E-state index in [-0.39, 0.29) is 28.3 Å². The second-order valence-corrected chi connectivity index (χ2v) is 7.57. The average molecular weight is 516 g/mol. The minimum absolute atomic E-state index is 0.121. The van der Waals surface area contributed by atoms with Crippen LogP contribution in [0.4, 0.5) is 13.2 Å². The van der Waals surface area contributed by atoms with Gasteiger partial charge in [0.25, 0.3) is 0 Å². The minimum Gasteiger partial charge on any atom is -0.489 e. The van der Waals surface area contributed by atoms with Crippen LogP contribution in [0.1, 0.15) is 11.3 Å². The first kappa shape index (κ1) is 25.3. The summed E-state index contributed by atoms with van der Waals surface area (Å²) in [4.78, 5) is 4.51. The van der Waals surface area contributed by atoms with Crippen LogP contribution in [0.25, 0.3) is 0 Å². The lowest BCUT2D eigenvalue weighted by molar-refractivity contribution is -0.141. The molecule has 12 heteroatoms. The number of benzene rings is 2. The Hall–Kier alpha value is -3.37. The molecular formula is C22H18Cl2F3N3O4. The summed E-state index contributed by atoms with van der Waals surface area (Å²) < 4.78 is 57.9. The van der Waals surface area contributed by atoms with Crippen LogP contribution in [0, 0.1) is 0 Å². The summed E-state index contributed by atoms with van der Waals surface area (Å²) in [7, 11) is 2.55. The molecular weight excluding hydrogens is 498 g/mol. The van der Waals surface area contributed by atoms with Crippen LogP contribution in [0.3, 0.4) is 0 Å². The van der Waals surface area contributed by atoms with Gasteiger partial charge in [-0.05, 0) is 54.6 Å². The normalized spacial score (nSPS) is 11.4. The van der Waals surface area contributed by atoms with Crippen LogP contribution in [-0.2, 0) is 18.1 Å². The fraction of sp³-hybridized carbons (Fsp3) is 0.182. The van der Waals surface area contributed by atoms with E-state index >= 15 is 0 Å². The van der Waals surface area contributed by atoms with Crippen molar-refractivity contribution in [2.75, 3.05) is 13.7 Å². The van der Waals surface area contributed by atoms with E-state index in [0.717, 1.165) is 10.9 Å². The lowest BCUT2D eigenvalue weighted by Crippen LogP contribution is -2.09. The van der Waals surface area contributed by atoms with Crippen molar-refractivity contribution in [3.05, 3.63) is 70.4 Å². The molecule has 3 rings (SSSR count). The van der Waals surface area contributed by atoms with Crippen molar-refractivity contribution in [1.29, 1.82) is 0 Å². The minimum atomic E-state index is -4.69. The average Bonchev–Trinajstić information content (AvgIpc) is 3.10. The molecule has 0 aliphatic rings. The van der Waals surface area contributed by atoms with E-state index in [1.807, 2.05) is 0 Å². The van der Waals surface area contributed by atoms with E-state index in [4.69, 9.17) is 37.4 Å². The lowest BCUT2D eigenvalue weighted by Gasteiger charge is -2.10.